The SMILES string of the molecule is COC(=O)CC1CCC(Oc2ncc(-c3ccc(C=O)c(Cl)c3)cn2)CC1. The maximum Gasteiger partial charge on any atom is 0.316 e. The fourth-order valence-corrected chi connectivity index (χ4v) is 3.48. The molecule has 6 nitrogen and oxygen atoms in total. The van der Waals surface area contributed by atoms with Crippen molar-refractivity contribution < 1.29 is 19.1 Å². The van der Waals surface area contributed by atoms with Gasteiger partial charge in [-0.05, 0) is 49.3 Å². The molecule has 1 aromatic heterocycles. The maximum atomic E-state index is 11.4. The summed E-state index contributed by atoms with van der Waals surface area (Å²) >= 11 is 6.07. The Kier molecular flexibility index (Phi) is 6.40. The molecule has 0 bridgehead atoms. The van der Waals surface area contributed by atoms with Crippen LogP contribution in [0.1, 0.15) is 42.5 Å². The average Bonchev–Trinajstić information content (AvgIpc) is 2.70. The van der Waals surface area contributed by atoms with Crippen molar-refractivity contribution in [3.63, 3.8) is 0 Å². The van der Waals surface area contributed by atoms with E-state index in [4.69, 9.17) is 21.1 Å². The first-order chi connectivity index (χ1) is 13.1. The summed E-state index contributed by atoms with van der Waals surface area (Å²) < 4.78 is 10.6. The Morgan fingerprint density at radius 1 is 1.19 bits per heavy atom. The first-order valence-corrected chi connectivity index (χ1v) is 9.27. The Labute approximate surface area is 162 Å². The van der Waals surface area contributed by atoms with Crippen molar-refractivity contribution in [1.82, 2.24) is 9.97 Å². The predicted molar refractivity (Wildman–Crippen MR) is 101 cm³/mol. The van der Waals surface area contributed by atoms with E-state index in [-0.39, 0.29) is 12.1 Å². The number of ether oxygens (including phenoxy) is 2. The van der Waals surface area contributed by atoms with Crippen LogP contribution >= 0.6 is 11.6 Å². The van der Waals surface area contributed by atoms with Crippen molar-refractivity contribution in [3.8, 4) is 17.1 Å². The van der Waals surface area contributed by atoms with Gasteiger partial charge in [0.25, 0.3) is 0 Å². The zero-order chi connectivity index (χ0) is 19.2. The average molecular weight is 389 g/mol. The molecule has 1 aromatic carbocycles. The fourth-order valence-electron chi connectivity index (χ4n) is 3.25. The number of carbonyl (C=O) groups is 2. The summed E-state index contributed by atoms with van der Waals surface area (Å²) in [6.07, 6.45) is 8.21. The number of hydrogen-bond acceptors (Lipinski definition) is 6. The van der Waals surface area contributed by atoms with Gasteiger partial charge >= 0.3 is 12.0 Å². The normalized spacial score (nSPS) is 19.3. The number of nitrogens with zero attached hydrogens (tertiary/aromatic N) is 2. The van der Waals surface area contributed by atoms with Crippen molar-refractivity contribution >= 4 is 23.9 Å². The van der Waals surface area contributed by atoms with Gasteiger partial charge in [0, 0.05) is 29.9 Å². The van der Waals surface area contributed by atoms with E-state index < -0.39 is 0 Å². The number of halogens is 1. The van der Waals surface area contributed by atoms with Crippen LogP contribution in [0.25, 0.3) is 11.1 Å². The topological polar surface area (TPSA) is 78.4 Å². The smallest absolute Gasteiger partial charge is 0.316 e. The van der Waals surface area contributed by atoms with Gasteiger partial charge in [0.2, 0.25) is 0 Å². The van der Waals surface area contributed by atoms with E-state index in [1.54, 1.807) is 30.6 Å². The van der Waals surface area contributed by atoms with Crippen molar-refractivity contribution in [2.24, 2.45) is 5.92 Å². The van der Waals surface area contributed by atoms with E-state index in [2.05, 4.69) is 9.97 Å². The minimum absolute atomic E-state index is 0.0612. The second-order valence-electron chi connectivity index (χ2n) is 6.65. The lowest BCUT2D eigenvalue weighted by molar-refractivity contribution is -0.142. The molecular weight excluding hydrogens is 368 g/mol. The molecule has 142 valence electrons. The van der Waals surface area contributed by atoms with Crippen molar-refractivity contribution in [1.29, 1.82) is 0 Å². The Hall–Kier alpha value is -2.47. The Morgan fingerprint density at radius 3 is 2.48 bits per heavy atom. The summed E-state index contributed by atoms with van der Waals surface area (Å²) in [4.78, 5) is 30.8. The third kappa shape index (κ3) is 5.04. The lowest BCUT2D eigenvalue weighted by Crippen LogP contribution is -2.26. The van der Waals surface area contributed by atoms with Gasteiger partial charge in [0.05, 0.1) is 12.1 Å². The molecule has 1 heterocycles. The zero-order valence-electron chi connectivity index (χ0n) is 15.1. The lowest BCUT2D eigenvalue weighted by atomic mass is 9.85. The Bertz CT molecular complexity index is 802. The molecule has 0 amide bonds. The highest BCUT2D eigenvalue weighted by Crippen LogP contribution is 2.29. The van der Waals surface area contributed by atoms with E-state index in [0.29, 0.717) is 28.9 Å². The summed E-state index contributed by atoms with van der Waals surface area (Å²) in [5.41, 5.74) is 2.08. The number of aromatic nitrogens is 2. The second kappa shape index (κ2) is 8.95. The van der Waals surface area contributed by atoms with Gasteiger partial charge in [0.15, 0.2) is 6.29 Å². The molecule has 0 spiro atoms. The molecular formula is C20H21ClN2O4. The van der Waals surface area contributed by atoms with Crippen LogP contribution in [0, 0.1) is 5.92 Å². The first kappa shape index (κ1) is 19.3. The Balaban J connectivity index is 1.56. The molecule has 1 saturated carbocycles. The van der Waals surface area contributed by atoms with Gasteiger partial charge < -0.3 is 9.47 Å². The summed E-state index contributed by atoms with van der Waals surface area (Å²) in [5.74, 6) is 0.208. The van der Waals surface area contributed by atoms with Crippen LogP contribution in [0.5, 0.6) is 6.01 Å². The van der Waals surface area contributed by atoms with Crippen LogP contribution in [0.4, 0.5) is 0 Å². The van der Waals surface area contributed by atoms with E-state index >= 15 is 0 Å². The van der Waals surface area contributed by atoms with Crippen molar-refractivity contribution in [3.05, 3.63) is 41.2 Å². The summed E-state index contributed by atoms with van der Waals surface area (Å²) in [6, 6.07) is 5.53. The molecule has 0 radical (unpaired) electrons. The standard InChI is InChI=1S/C20H21ClN2O4/c1-26-19(25)8-13-2-6-17(7-3-13)27-20-22-10-16(11-23-20)14-4-5-15(12-24)18(21)9-14/h4-5,9-13,17H,2-3,6-8H2,1H3. The number of carbonyl (C=O) groups excluding carboxylic acids is 2. The number of rotatable bonds is 6. The number of hydrogen-bond donors (Lipinski definition) is 0. The highest BCUT2D eigenvalue weighted by atomic mass is 35.5. The molecule has 0 saturated heterocycles. The lowest BCUT2D eigenvalue weighted by Gasteiger charge is -2.27. The molecule has 0 N–H and O–H groups in total. The number of methoxy groups -OCH3 is 1. The van der Waals surface area contributed by atoms with Crippen LogP contribution in [-0.4, -0.2) is 35.4 Å². The van der Waals surface area contributed by atoms with E-state index in [1.807, 2.05) is 0 Å². The highest BCUT2D eigenvalue weighted by Gasteiger charge is 2.25. The molecule has 1 aliphatic carbocycles. The second-order valence-corrected chi connectivity index (χ2v) is 7.06. The quantitative estimate of drug-likeness (QED) is 0.547. The predicted octanol–water partition coefficient (Wildman–Crippen LogP) is 4.11. The zero-order valence-corrected chi connectivity index (χ0v) is 15.8. The summed E-state index contributed by atoms with van der Waals surface area (Å²) in [7, 11) is 1.42. The van der Waals surface area contributed by atoms with Gasteiger partial charge in [-0.25, -0.2) is 9.97 Å². The van der Waals surface area contributed by atoms with Crippen LogP contribution < -0.4 is 4.74 Å². The first-order valence-electron chi connectivity index (χ1n) is 8.89. The summed E-state index contributed by atoms with van der Waals surface area (Å²) in [6.45, 7) is 0. The van der Waals surface area contributed by atoms with E-state index in [9.17, 15) is 9.59 Å². The third-order valence-corrected chi connectivity index (χ3v) is 5.17. The van der Waals surface area contributed by atoms with Gasteiger partial charge in [-0.1, -0.05) is 17.7 Å². The largest absolute Gasteiger partial charge is 0.469 e. The molecule has 0 aliphatic heterocycles. The monoisotopic (exact) mass is 388 g/mol. The van der Waals surface area contributed by atoms with Gasteiger partial charge in [-0.15, -0.1) is 0 Å². The number of benzene rings is 1. The number of esters is 1. The fraction of sp³-hybridized carbons (Fsp3) is 0.400. The van der Waals surface area contributed by atoms with Crippen LogP contribution in [0.15, 0.2) is 30.6 Å². The minimum atomic E-state index is -0.153. The molecule has 0 unspecified atom stereocenters. The van der Waals surface area contributed by atoms with Crippen LogP contribution in [0.3, 0.4) is 0 Å². The maximum absolute atomic E-state index is 11.4. The Morgan fingerprint density at radius 2 is 1.89 bits per heavy atom. The van der Waals surface area contributed by atoms with Crippen LogP contribution in [-0.2, 0) is 9.53 Å². The highest BCUT2D eigenvalue weighted by molar-refractivity contribution is 6.33. The van der Waals surface area contributed by atoms with E-state index in [0.717, 1.165) is 43.1 Å². The minimum Gasteiger partial charge on any atom is -0.469 e. The summed E-state index contributed by atoms with van der Waals surface area (Å²) in [5, 5.41) is 0.395. The van der Waals surface area contributed by atoms with Crippen LogP contribution in [0.2, 0.25) is 5.02 Å². The van der Waals surface area contributed by atoms with E-state index in [1.165, 1.54) is 7.11 Å². The molecule has 2 aromatic rings. The molecule has 27 heavy (non-hydrogen) atoms. The van der Waals surface area contributed by atoms with Gasteiger partial charge in [-0.2, -0.15) is 0 Å². The van der Waals surface area contributed by atoms with Gasteiger partial charge in [-0.3, -0.25) is 9.59 Å². The number of aldehydes is 1. The molecule has 1 fully saturated rings. The van der Waals surface area contributed by atoms with Crippen molar-refractivity contribution in [2.75, 3.05) is 7.11 Å². The molecule has 3 rings (SSSR count). The molecule has 1 aliphatic rings. The van der Waals surface area contributed by atoms with Crippen molar-refractivity contribution in [2.45, 2.75) is 38.2 Å². The molecule has 0 atom stereocenters. The van der Waals surface area contributed by atoms with Gasteiger partial charge in [0.1, 0.15) is 6.10 Å². The third-order valence-electron chi connectivity index (χ3n) is 4.84. The molecule has 7 heteroatoms.